The molecule has 15 heavy (non-hydrogen) atoms. The Kier molecular flexibility index (Phi) is 5.59. The number of Topliss-reactive ketones (excluding diaryl/α,β-unsaturated/α-hetero) is 1. The maximum Gasteiger partial charge on any atom is 0.136 e. The van der Waals surface area contributed by atoms with E-state index in [1.54, 1.807) is 0 Å². The van der Waals surface area contributed by atoms with Crippen LogP contribution in [0.5, 0.6) is 0 Å². The van der Waals surface area contributed by atoms with Crippen LogP contribution in [0.25, 0.3) is 0 Å². The zero-order chi connectivity index (χ0) is 11.1. The number of carbonyl (C=O) groups is 2. The van der Waals surface area contributed by atoms with Crippen molar-refractivity contribution in [2.24, 2.45) is 11.8 Å². The molecule has 0 amide bonds. The third-order valence-corrected chi connectivity index (χ3v) is 3.45. The molecule has 1 aliphatic carbocycles. The fourth-order valence-electron chi connectivity index (χ4n) is 2.44. The molecule has 0 radical (unpaired) electrons. The number of carbonyl (C=O) groups excluding carboxylic acids is 2. The predicted octanol–water partition coefficient (Wildman–Crippen LogP) is 3.14. The van der Waals surface area contributed by atoms with Gasteiger partial charge in [-0.15, -0.1) is 0 Å². The Morgan fingerprint density at radius 3 is 2.67 bits per heavy atom. The molecule has 0 aromatic rings. The van der Waals surface area contributed by atoms with Crippen molar-refractivity contribution in [3.05, 3.63) is 0 Å². The van der Waals surface area contributed by atoms with Crippen LogP contribution in [0, 0.1) is 11.8 Å². The van der Waals surface area contributed by atoms with Crippen molar-refractivity contribution in [1.82, 2.24) is 0 Å². The molecular formula is C13H22O2. The van der Waals surface area contributed by atoms with E-state index < -0.39 is 0 Å². The first-order valence-electron chi connectivity index (χ1n) is 6.27. The Morgan fingerprint density at radius 2 is 2.00 bits per heavy atom. The lowest BCUT2D eigenvalue weighted by molar-refractivity contribution is -0.123. The molecule has 2 atom stereocenters. The molecule has 1 saturated carbocycles. The van der Waals surface area contributed by atoms with Crippen LogP contribution in [0.4, 0.5) is 0 Å². The highest BCUT2D eigenvalue weighted by Gasteiger charge is 2.33. The normalized spacial score (nSPS) is 25.8. The average molecular weight is 210 g/mol. The molecule has 0 bridgehead atoms. The highest BCUT2D eigenvalue weighted by molar-refractivity contribution is 5.86. The Hall–Kier alpha value is -0.660. The van der Waals surface area contributed by atoms with Crippen molar-refractivity contribution in [1.29, 1.82) is 0 Å². The van der Waals surface area contributed by atoms with Gasteiger partial charge in [0.15, 0.2) is 0 Å². The number of rotatable bonds is 7. The Labute approximate surface area is 92.4 Å². The smallest absolute Gasteiger partial charge is 0.136 e. The summed E-state index contributed by atoms with van der Waals surface area (Å²) in [5.41, 5.74) is 0. The molecular weight excluding hydrogens is 188 g/mol. The summed E-state index contributed by atoms with van der Waals surface area (Å²) in [6.07, 6.45) is 9.47. The average Bonchev–Trinajstić information content (AvgIpc) is 2.60. The Bertz CT molecular complexity index is 211. The van der Waals surface area contributed by atoms with Gasteiger partial charge in [-0.3, -0.25) is 4.79 Å². The first kappa shape index (κ1) is 12.4. The van der Waals surface area contributed by atoms with E-state index in [0.717, 1.165) is 25.5 Å². The van der Waals surface area contributed by atoms with Crippen molar-refractivity contribution in [2.45, 2.75) is 58.3 Å². The molecule has 2 unspecified atom stereocenters. The summed E-state index contributed by atoms with van der Waals surface area (Å²) in [7, 11) is 0. The van der Waals surface area contributed by atoms with E-state index in [1.165, 1.54) is 25.7 Å². The van der Waals surface area contributed by atoms with Crippen LogP contribution in [-0.2, 0) is 9.59 Å². The topological polar surface area (TPSA) is 34.1 Å². The zero-order valence-corrected chi connectivity index (χ0v) is 9.71. The molecule has 0 aromatic heterocycles. The minimum absolute atomic E-state index is 0.0312. The van der Waals surface area contributed by atoms with Gasteiger partial charge in [0.25, 0.3) is 0 Å². The molecule has 2 heteroatoms. The molecule has 0 aromatic carbocycles. The number of unbranched alkanes of at least 4 members (excludes halogenated alkanes) is 4. The minimum atomic E-state index is 0.0312. The largest absolute Gasteiger partial charge is 0.303 e. The first-order chi connectivity index (χ1) is 7.29. The zero-order valence-electron chi connectivity index (χ0n) is 9.71. The third-order valence-electron chi connectivity index (χ3n) is 3.45. The molecule has 0 saturated heterocycles. The number of hydrogen-bond donors (Lipinski definition) is 0. The van der Waals surface area contributed by atoms with Crippen molar-refractivity contribution in [3.63, 3.8) is 0 Å². The van der Waals surface area contributed by atoms with E-state index in [4.69, 9.17) is 0 Å². The van der Waals surface area contributed by atoms with Gasteiger partial charge < -0.3 is 4.79 Å². The second kappa shape index (κ2) is 6.76. The van der Waals surface area contributed by atoms with Gasteiger partial charge in [0.2, 0.25) is 0 Å². The van der Waals surface area contributed by atoms with Gasteiger partial charge in [-0.2, -0.15) is 0 Å². The van der Waals surface area contributed by atoms with E-state index in [1.807, 2.05) is 0 Å². The molecule has 1 rings (SSSR count). The number of aldehydes is 1. The molecule has 1 aliphatic rings. The van der Waals surface area contributed by atoms with Gasteiger partial charge in [0, 0.05) is 18.3 Å². The van der Waals surface area contributed by atoms with Crippen LogP contribution < -0.4 is 0 Å². The van der Waals surface area contributed by atoms with Crippen LogP contribution in [0.1, 0.15) is 58.3 Å². The molecule has 86 valence electrons. The van der Waals surface area contributed by atoms with Crippen LogP contribution in [-0.4, -0.2) is 12.1 Å². The molecule has 0 N–H and O–H groups in total. The van der Waals surface area contributed by atoms with Gasteiger partial charge in [0.1, 0.15) is 12.1 Å². The summed E-state index contributed by atoms with van der Waals surface area (Å²) in [6.45, 7) is 2.20. The van der Waals surface area contributed by atoms with Crippen LogP contribution in [0.15, 0.2) is 0 Å². The predicted molar refractivity (Wildman–Crippen MR) is 60.7 cm³/mol. The SMILES string of the molecule is CCCCCCCC1C(=O)CCC1C=O. The molecule has 1 fully saturated rings. The van der Waals surface area contributed by atoms with Crippen LogP contribution in [0.3, 0.4) is 0 Å². The standard InChI is InChI=1S/C13H22O2/c1-2-3-4-5-6-7-12-11(10-14)8-9-13(12)15/h10-12H,2-9H2,1H3. The van der Waals surface area contributed by atoms with E-state index in [-0.39, 0.29) is 11.8 Å². The highest BCUT2D eigenvalue weighted by Crippen LogP contribution is 2.31. The molecule has 0 aliphatic heterocycles. The summed E-state index contributed by atoms with van der Waals surface area (Å²) in [4.78, 5) is 22.3. The maximum atomic E-state index is 11.5. The summed E-state index contributed by atoms with van der Waals surface area (Å²) in [5.74, 6) is 0.412. The first-order valence-corrected chi connectivity index (χ1v) is 6.27. The lowest BCUT2D eigenvalue weighted by atomic mass is 9.91. The number of ketones is 1. The molecule has 2 nitrogen and oxygen atoms in total. The van der Waals surface area contributed by atoms with Crippen molar-refractivity contribution < 1.29 is 9.59 Å². The minimum Gasteiger partial charge on any atom is -0.303 e. The fourth-order valence-corrected chi connectivity index (χ4v) is 2.44. The quantitative estimate of drug-likeness (QED) is 0.478. The van der Waals surface area contributed by atoms with Gasteiger partial charge in [-0.25, -0.2) is 0 Å². The highest BCUT2D eigenvalue weighted by atomic mass is 16.1. The van der Waals surface area contributed by atoms with Crippen LogP contribution >= 0.6 is 0 Å². The van der Waals surface area contributed by atoms with Crippen molar-refractivity contribution in [2.75, 3.05) is 0 Å². The fraction of sp³-hybridized carbons (Fsp3) is 0.846. The van der Waals surface area contributed by atoms with Crippen molar-refractivity contribution in [3.8, 4) is 0 Å². The third kappa shape index (κ3) is 3.77. The van der Waals surface area contributed by atoms with E-state index >= 15 is 0 Å². The van der Waals surface area contributed by atoms with E-state index in [0.29, 0.717) is 12.2 Å². The lowest BCUT2D eigenvalue weighted by Crippen LogP contribution is -2.15. The van der Waals surface area contributed by atoms with E-state index in [2.05, 4.69) is 6.92 Å². The Balaban J connectivity index is 2.18. The van der Waals surface area contributed by atoms with Crippen molar-refractivity contribution >= 4 is 12.1 Å². The lowest BCUT2D eigenvalue weighted by Gasteiger charge is -2.12. The maximum absolute atomic E-state index is 11.5. The molecule has 0 spiro atoms. The summed E-state index contributed by atoms with van der Waals surface area (Å²) < 4.78 is 0. The second-order valence-electron chi connectivity index (χ2n) is 4.61. The Morgan fingerprint density at radius 1 is 1.27 bits per heavy atom. The summed E-state index contributed by atoms with van der Waals surface area (Å²) >= 11 is 0. The summed E-state index contributed by atoms with van der Waals surface area (Å²) in [5, 5.41) is 0. The van der Waals surface area contributed by atoms with Gasteiger partial charge in [-0.05, 0) is 12.8 Å². The monoisotopic (exact) mass is 210 g/mol. The van der Waals surface area contributed by atoms with Gasteiger partial charge in [0.05, 0.1) is 0 Å². The van der Waals surface area contributed by atoms with Gasteiger partial charge >= 0.3 is 0 Å². The van der Waals surface area contributed by atoms with Crippen LogP contribution in [0.2, 0.25) is 0 Å². The number of hydrogen-bond acceptors (Lipinski definition) is 2. The molecule has 0 heterocycles. The van der Waals surface area contributed by atoms with E-state index in [9.17, 15) is 9.59 Å². The second-order valence-corrected chi connectivity index (χ2v) is 4.61. The summed E-state index contributed by atoms with van der Waals surface area (Å²) in [6, 6.07) is 0. The van der Waals surface area contributed by atoms with Gasteiger partial charge in [-0.1, -0.05) is 39.0 Å².